The van der Waals surface area contributed by atoms with E-state index in [0.717, 1.165) is 8.52 Å². The summed E-state index contributed by atoms with van der Waals surface area (Å²) in [6.45, 7) is 0. The Labute approximate surface area is 56.9 Å². The van der Waals surface area contributed by atoms with Gasteiger partial charge in [0.25, 0.3) is 0 Å². The minimum atomic E-state index is 0.881. The molecule has 2 unspecified atom stereocenters. The first-order valence-electron chi connectivity index (χ1n) is 1.97. The highest BCUT2D eigenvalue weighted by atomic mass is 31.1. The highest BCUT2D eigenvalue weighted by Gasteiger charge is 1.49. The number of nitrogens with zero attached hydrogens (tertiary/aromatic N) is 1. The molecular formula is C2H12N3P3. The second-order valence-electron chi connectivity index (χ2n) is 0.845. The highest BCUT2D eigenvalue weighted by molar-refractivity contribution is 7.41. The fourth-order valence-electron chi connectivity index (χ4n) is 0.0333. The van der Waals surface area contributed by atoms with Crippen molar-refractivity contribution in [1.82, 2.24) is 10.2 Å². The molecule has 3 nitrogen and oxygen atoms in total. The zero-order valence-corrected chi connectivity index (χ0v) is 8.25. The SMILES string of the molecule is CNC.PN=PNP. The Morgan fingerprint density at radius 2 is 1.88 bits per heavy atom. The maximum absolute atomic E-state index is 3.61. The molecule has 8 heavy (non-hydrogen) atoms. The van der Waals surface area contributed by atoms with Gasteiger partial charge in [-0.3, -0.25) is 0 Å². The summed E-state index contributed by atoms with van der Waals surface area (Å²) in [4.78, 5) is 2.72. The van der Waals surface area contributed by atoms with Gasteiger partial charge in [-0.15, -0.1) is 0 Å². The average Bonchev–Trinajstić information content (AvgIpc) is 1.71. The minimum Gasteiger partial charge on any atom is -0.323 e. The molecule has 0 aliphatic rings. The van der Waals surface area contributed by atoms with Crippen molar-refractivity contribution in [2.45, 2.75) is 0 Å². The summed E-state index contributed by atoms with van der Waals surface area (Å²) in [5, 5.41) is 2.75. The van der Waals surface area contributed by atoms with Crippen molar-refractivity contribution < 1.29 is 0 Å². The van der Waals surface area contributed by atoms with Gasteiger partial charge < -0.3 is 5.32 Å². The second kappa shape index (κ2) is 15.7. The molecule has 0 aromatic rings. The third-order valence-corrected chi connectivity index (χ3v) is 1.04. The van der Waals surface area contributed by atoms with Crippen molar-refractivity contribution in [3.63, 3.8) is 0 Å². The molecule has 0 bridgehead atoms. The van der Waals surface area contributed by atoms with Crippen LogP contribution in [-0.2, 0) is 0 Å². The van der Waals surface area contributed by atoms with Crippen LogP contribution >= 0.6 is 27.3 Å². The van der Waals surface area contributed by atoms with Gasteiger partial charge in [-0.1, -0.05) is 9.39 Å². The van der Waals surface area contributed by atoms with E-state index in [9.17, 15) is 0 Å². The summed E-state index contributed by atoms with van der Waals surface area (Å²) in [7, 11) is 9.20. The van der Waals surface area contributed by atoms with Gasteiger partial charge in [0.05, 0.1) is 8.52 Å². The van der Waals surface area contributed by atoms with Crippen LogP contribution in [0.25, 0.3) is 0 Å². The molecule has 0 aromatic heterocycles. The Hall–Kier alpha value is 0.880. The molecule has 0 rings (SSSR count). The molecule has 0 radical (unpaired) electrons. The third kappa shape index (κ3) is 28.7. The van der Waals surface area contributed by atoms with Crippen LogP contribution in [0, 0.1) is 0 Å². The van der Waals surface area contributed by atoms with Crippen LogP contribution in [0.5, 0.6) is 0 Å². The zero-order chi connectivity index (χ0) is 6.83. The van der Waals surface area contributed by atoms with Gasteiger partial charge in [0.1, 0.15) is 0 Å². The quantitative estimate of drug-likeness (QED) is 0.578. The summed E-state index contributed by atoms with van der Waals surface area (Å²) in [6.07, 6.45) is 0. The van der Waals surface area contributed by atoms with Crippen LogP contribution in [0.1, 0.15) is 0 Å². The predicted octanol–water partition coefficient (Wildman–Crippen LogP) is 1.04. The lowest BCUT2D eigenvalue weighted by molar-refractivity contribution is 1.02. The van der Waals surface area contributed by atoms with Crippen LogP contribution < -0.4 is 10.2 Å². The van der Waals surface area contributed by atoms with Crippen LogP contribution in [-0.4, -0.2) is 14.1 Å². The Bertz CT molecular complexity index is 47.8. The molecule has 0 fully saturated rings. The standard InChI is InChI=1S/C2H7N.H5N2P3/c1-3-2;3-1-5-2-4/h3H,1-2H3;3-4H2,(H,1,2). The van der Waals surface area contributed by atoms with E-state index in [0.29, 0.717) is 0 Å². The maximum atomic E-state index is 3.61. The maximum Gasteiger partial charge on any atom is 0.0973 e. The number of nitrogens with one attached hydrogen (secondary N) is 2. The van der Waals surface area contributed by atoms with Gasteiger partial charge in [0, 0.05) is 0 Å². The van der Waals surface area contributed by atoms with Gasteiger partial charge >= 0.3 is 0 Å². The minimum absolute atomic E-state index is 0.881. The van der Waals surface area contributed by atoms with E-state index in [2.05, 4.69) is 33.5 Å². The summed E-state index contributed by atoms with van der Waals surface area (Å²) in [5.74, 6) is 0. The Morgan fingerprint density at radius 1 is 1.50 bits per heavy atom. The van der Waals surface area contributed by atoms with E-state index in [-0.39, 0.29) is 0 Å². The number of hydrogen-bond acceptors (Lipinski definition) is 2. The van der Waals surface area contributed by atoms with Crippen molar-refractivity contribution in [2.24, 2.45) is 4.52 Å². The van der Waals surface area contributed by atoms with Crippen LogP contribution in [0.15, 0.2) is 4.52 Å². The van der Waals surface area contributed by atoms with E-state index >= 15 is 0 Å². The first-order chi connectivity index (χ1) is 3.83. The Kier molecular flexibility index (Phi) is 22.8. The normalized spacial score (nSPS) is 8.50. The van der Waals surface area contributed by atoms with Gasteiger partial charge in [-0.25, -0.2) is 9.37 Å². The molecule has 0 saturated carbocycles. The highest BCUT2D eigenvalue weighted by Crippen LogP contribution is 1.98. The summed E-state index contributed by atoms with van der Waals surface area (Å²) >= 11 is 0. The zero-order valence-electron chi connectivity index (χ0n) is 5.05. The molecule has 0 amide bonds. The lowest BCUT2D eigenvalue weighted by atomic mass is 11.3. The fourth-order valence-corrected chi connectivity index (χ4v) is 0.900. The first-order valence-corrected chi connectivity index (χ1v) is 3.91. The van der Waals surface area contributed by atoms with Crippen molar-refractivity contribution in [3.05, 3.63) is 0 Å². The van der Waals surface area contributed by atoms with Crippen LogP contribution in [0.4, 0.5) is 0 Å². The van der Waals surface area contributed by atoms with E-state index in [4.69, 9.17) is 0 Å². The monoisotopic (exact) mass is 171 g/mol. The van der Waals surface area contributed by atoms with Crippen LogP contribution in [0.3, 0.4) is 0 Å². The predicted molar refractivity (Wildman–Crippen MR) is 46.9 cm³/mol. The molecule has 2 atom stereocenters. The van der Waals surface area contributed by atoms with E-state index < -0.39 is 0 Å². The van der Waals surface area contributed by atoms with Gasteiger partial charge in [0.2, 0.25) is 0 Å². The third-order valence-electron chi connectivity index (χ3n) is 0.115. The van der Waals surface area contributed by atoms with Crippen molar-refractivity contribution >= 4 is 27.3 Å². The summed E-state index contributed by atoms with van der Waals surface area (Å²) in [6, 6.07) is 0. The van der Waals surface area contributed by atoms with Gasteiger partial charge in [-0.05, 0) is 23.5 Å². The number of rotatable bonds is 1. The molecule has 50 valence electrons. The van der Waals surface area contributed by atoms with Crippen molar-refractivity contribution in [2.75, 3.05) is 14.1 Å². The van der Waals surface area contributed by atoms with Gasteiger partial charge in [0.15, 0.2) is 0 Å². The van der Waals surface area contributed by atoms with E-state index in [1.165, 1.54) is 0 Å². The number of hydrogen-bond donors (Lipinski definition) is 2. The van der Waals surface area contributed by atoms with Crippen molar-refractivity contribution in [1.29, 1.82) is 0 Å². The second-order valence-corrected chi connectivity index (χ2v) is 3.00. The molecule has 0 aliphatic carbocycles. The topological polar surface area (TPSA) is 36.4 Å². The Morgan fingerprint density at radius 3 is 1.88 bits per heavy atom. The first kappa shape index (κ1) is 11.6. The molecule has 0 saturated heterocycles. The largest absolute Gasteiger partial charge is 0.323 e. The van der Waals surface area contributed by atoms with E-state index in [1.807, 2.05) is 14.1 Å². The van der Waals surface area contributed by atoms with Crippen molar-refractivity contribution in [3.8, 4) is 0 Å². The smallest absolute Gasteiger partial charge is 0.0973 e. The molecule has 0 heterocycles. The Balaban J connectivity index is 0. The van der Waals surface area contributed by atoms with E-state index in [1.54, 1.807) is 0 Å². The summed E-state index contributed by atoms with van der Waals surface area (Å²) in [5.41, 5.74) is 0. The lowest BCUT2D eigenvalue weighted by Gasteiger charge is -1.69. The average molecular weight is 171 g/mol. The molecule has 0 spiro atoms. The van der Waals surface area contributed by atoms with Crippen LogP contribution in [0.2, 0.25) is 0 Å². The fraction of sp³-hybridized carbons (Fsp3) is 1.00. The lowest BCUT2D eigenvalue weighted by Crippen LogP contribution is -1.89. The molecule has 6 heteroatoms. The molecule has 0 aliphatic heterocycles. The summed E-state index contributed by atoms with van der Waals surface area (Å²) < 4.78 is 3.61. The molecular weight excluding hydrogens is 159 g/mol. The molecule has 0 aromatic carbocycles. The van der Waals surface area contributed by atoms with Gasteiger partial charge in [-0.2, -0.15) is 0 Å². The molecule has 2 N–H and O–H groups in total.